The van der Waals surface area contributed by atoms with Crippen molar-refractivity contribution in [1.82, 2.24) is 0 Å². The highest BCUT2D eigenvalue weighted by Crippen LogP contribution is 2.32. The Hall–Kier alpha value is -2.76. The predicted octanol–water partition coefficient (Wildman–Crippen LogP) is 4.93. The lowest BCUT2D eigenvalue weighted by molar-refractivity contribution is -0.134. The van der Waals surface area contributed by atoms with Gasteiger partial charge in [-0.2, -0.15) is 0 Å². The van der Waals surface area contributed by atoms with Crippen molar-refractivity contribution >= 4 is 28.5 Å². The van der Waals surface area contributed by atoms with Crippen molar-refractivity contribution in [2.24, 2.45) is 0 Å². The first-order valence-electron chi connectivity index (χ1n) is 8.97. The van der Waals surface area contributed by atoms with E-state index >= 15 is 0 Å². The third kappa shape index (κ3) is 4.38. The molecule has 0 radical (unpaired) electrons. The van der Waals surface area contributed by atoms with E-state index in [-0.39, 0.29) is 5.75 Å². The van der Waals surface area contributed by atoms with E-state index in [1.54, 1.807) is 12.1 Å². The minimum atomic E-state index is -1.53. The molecular formula is C23H23NO3S. The summed E-state index contributed by atoms with van der Waals surface area (Å²) in [5, 5.41) is 8.80. The lowest BCUT2D eigenvalue weighted by Crippen LogP contribution is -2.15. The van der Waals surface area contributed by atoms with Crippen LogP contribution in [0.3, 0.4) is 0 Å². The van der Waals surface area contributed by atoms with Gasteiger partial charge in [0, 0.05) is 18.4 Å². The lowest BCUT2D eigenvalue weighted by atomic mass is 9.96. The second-order valence-electron chi connectivity index (χ2n) is 6.75. The number of aliphatic carboxylic acids is 1. The number of benzene rings is 3. The molecule has 0 aliphatic rings. The number of carboxylic acid groups (broad SMARTS) is 1. The third-order valence-corrected chi connectivity index (χ3v) is 6.09. The Kier molecular flexibility index (Phi) is 6.07. The summed E-state index contributed by atoms with van der Waals surface area (Å²) in [4.78, 5) is 13.3. The van der Waals surface area contributed by atoms with Crippen molar-refractivity contribution in [1.29, 1.82) is 0 Å². The molecule has 1 N–H and O–H groups in total. The van der Waals surface area contributed by atoms with E-state index in [1.165, 1.54) is 22.3 Å². The summed E-state index contributed by atoms with van der Waals surface area (Å²) in [6.07, 6.45) is 0. The van der Waals surface area contributed by atoms with Gasteiger partial charge in [0.15, 0.2) is 4.90 Å². The maximum atomic E-state index is 12.0. The molecule has 0 heterocycles. The molecule has 1 atom stereocenters. The number of anilines is 2. The summed E-state index contributed by atoms with van der Waals surface area (Å²) < 4.78 is 12.0. The van der Waals surface area contributed by atoms with Crippen molar-refractivity contribution in [3.63, 3.8) is 0 Å². The van der Waals surface area contributed by atoms with E-state index < -0.39 is 17.1 Å². The van der Waals surface area contributed by atoms with Crippen LogP contribution in [-0.2, 0) is 16.0 Å². The van der Waals surface area contributed by atoms with Crippen LogP contribution in [0.4, 0.5) is 11.4 Å². The van der Waals surface area contributed by atoms with Gasteiger partial charge in [0.25, 0.3) is 0 Å². The van der Waals surface area contributed by atoms with Gasteiger partial charge >= 0.3 is 5.97 Å². The smallest absolute Gasteiger partial charge is 0.354 e. The molecule has 3 aromatic carbocycles. The van der Waals surface area contributed by atoms with Crippen LogP contribution in [0.5, 0.6) is 0 Å². The SMILES string of the molecule is Cc1ccccc1-c1cc(N(C)c2ccc([S+]([O-])CC(=O)O)cc2)ccc1C. The Morgan fingerprint density at radius 3 is 2.18 bits per heavy atom. The van der Waals surface area contributed by atoms with E-state index in [0.29, 0.717) is 4.90 Å². The zero-order valence-electron chi connectivity index (χ0n) is 16.2. The van der Waals surface area contributed by atoms with Crippen molar-refractivity contribution < 1.29 is 14.5 Å². The van der Waals surface area contributed by atoms with Gasteiger partial charge in [0.1, 0.15) is 0 Å². The molecular weight excluding hydrogens is 370 g/mol. The average molecular weight is 394 g/mol. The Morgan fingerprint density at radius 2 is 1.54 bits per heavy atom. The summed E-state index contributed by atoms with van der Waals surface area (Å²) in [6.45, 7) is 4.22. The quantitative estimate of drug-likeness (QED) is 0.603. The van der Waals surface area contributed by atoms with Crippen molar-refractivity contribution in [2.45, 2.75) is 18.7 Å². The second-order valence-corrected chi connectivity index (χ2v) is 8.20. The molecule has 28 heavy (non-hydrogen) atoms. The first-order valence-corrected chi connectivity index (χ1v) is 10.3. The number of hydrogen-bond acceptors (Lipinski definition) is 3. The van der Waals surface area contributed by atoms with E-state index in [1.807, 2.05) is 31.3 Å². The molecule has 3 aromatic rings. The highest BCUT2D eigenvalue weighted by atomic mass is 32.2. The molecule has 144 valence electrons. The number of carbonyl (C=O) groups is 1. The van der Waals surface area contributed by atoms with Gasteiger partial charge in [0.2, 0.25) is 5.75 Å². The Morgan fingerprint density at radius 1 is 0.929 bits per heavy atom. The molecule has 5 heteroatoms. The van der Waals surface area contributed by atoms with E-state index in [9.17, 15) is 9.35 Å². The molecule has 0 bridgehead atoms. The van der Waals surface area contributed by atoms with Crippen LogP contribution in [0.1, 0.15) is 11.1 Å². The minimum Gasteiger partial charge on any atom is -0.611 e. The summed E-state index contributed by atoms with van der Waals surface area (Å²) >= 11 is -1.53. The van der Waals surface area contributed by atoms with Crippen LogP contribution in [0.2, 0.25) is 0 Å². The molecule has 0 spiro atoms. The van der Waals surface area contributed by atoms with Gasteiger partial charge in [-0.15, -0.1) is 0 Å². The van der Waals surface area contributed by atoms with Crippen molar-refractivity contribution in [3.05, 3.63) is 77.9 Å². The average Bonchev–Trinajstić information content (AvgIpc) is 2.68. The van der Waals surface area contributed by atoms with Crippen molar-refractivity contribution in [3.8, 4) is 11.1 Å². The monoisotopic (exact) mass is 393 g/mol. The second kappa shape index (κ2) is 8.50. The fourth-order valence-electron chi connectivity index (χ4n) is 3.15. The number of hydrogen-bond donors (Lipinski definition) is 1. The van der Waals surface area contributed by atoms with Gasteiger partial charge < -0.3 is 14.6 Å². The normalized spacial score (nSPS) is 11.9. The minimum absolute atomic E-state index is 0.382. The highest BCUT2D eigenvalue weighted by Gasteiger charge is 2.16. The zero-order chi connectivity index (χ0) is 20.3. The Bertz CT molecular complexity index is 985. The van der Waals surface area contributed by atoms with Crippen LogP contribution >= 0.6 is 0 Å². The van der Waals surface area contributed by atoms with Gasteiger partial charge in [-0.3, -0.25) is 0 Å². The summed E-state index contributed by atoms with van der Waals surface area (Å²) in [6, 6.07) is 21.9. The van der Waals surface area contributed by atoms with E-state index in [0.717, 1.165) is 11.4 Å². The topological polar surface area (TPSA) is 63.6 Å². The molecule has 0 aromatic heterocycles. The zero-order valence-corrected chi connectivity index (χ0v) is 17.0. The first-order chi connectivity index (χ1) is 13.4. The van der Waals surface area contributed by atoms with Crippen LogP contribution < -0.4 is 4.90 Å². The molecule has 0 amide bonds. The van der Waals surface area contributed by atoms with Crippen LogP contribution in [-0.4, -0.2) is 28.4 Å². The van der Waals surface area contributed by atoms with Crippen LogP contribution in [0, 0.1) is 13.8 Å². The fourth-order valence-corrected chi connectivity index (χ4v) is 3.98. The van der Waals surface area contributed by atoms with E-state index in [4.69, 9.17) is 5.11 Å². The van der Waals surface area contributed by atoms with E-state index in [2.05, 4.69) is 49.1 Å². The molecule has 0 aliphatic heterocycles. The van der Waals surface area contributed by atoms with Crippen LogP contribution in [0.25, 0.3) is 11.1 Å². The number of nitrogens with zero attached hydrogens (tertiary/aromatic N) is 1. The first kappa shape index (κ1) is 20.0. The summed E-state index contributed by atoms with van der Waals surface area (Å²) in [7, 11) is 1.98. The van der Waals surface area contributed by atoms with Gasteiger partial charge in [0.05, 0.1) is 0 Å². The van der Waals surface area contributed by atoms with Gasteiger partial charge in [-0.05, 0) is 83.7 Å². The Labute approximate surface area is 168 Å². The lowest BCUT2D eigenvalue weighted by Gasteiger charge is -2.22. The predicted molar refractivity (Wildman–Crippen MR) is 115 cm³/mol. The number of rotatable bonds is 6. The molecule has 1 unspecified atom stereocenters. The Balaban J connectivity index is 1.89. The molecule has 0 fully saturated rings. The maximum Gasteiger partial charge on any atom is 0.354 e. The molecule has 4 nitrogen and oxygen atoms in total. The summed E-state index contributed by atoms with van der Waals surface area (Å²) in [5.41, 5.74) is 6.84. The largest absolute Gasteiger partial charge is 0.611 e. The number of aryl methyl sites for hydroxylation is 2. The van der Waals surface area contributed by atoms with Crippen LogP contribution in [0.15, 0.2) is 71.6 Å². The fraction of sp³-hybridized carbons (Fsp3) is 0.174. The maximum absolute atomic E-state index is 12.0. The molecule has 0 saturated carbocycles. The molecule has 0 aliphatic carbocycles. The highest BCUT2D eigenvalue weighted by molar-refractivity contribution is 7.92. The number of carboxylic acids is 1. The third-order valence-electron chi connectivity index (χ3n) is 4.79. The summed E-state index contributed by atoms with van der Waals surface area (Å²) in [5.74, 6) is -1.45. The van der Waals surface area contributed by atoms with Gasteiger partial charge in [-0.1, -0.05) is 30.3 Å². The molecule has 0 saturated heterocycles. The van der Waals surface area contributed by atoms with Gasteiger partial charge in [-0.25, -0.2) is 4.79 Å². The molecule has 3 rings (SSSR count). The standard InChI is InChI=1S/C23H23NO3S/c1-16-6-4-5-7-21(16)22-14-19(9-8-17(22)2)24(3)18-10-12-20(13-11-18)28(27)15-23(25)26/h4-14H,15H2,1-3H3,(H,25,26). The van der Waals surface area contributed by atoms with Crippen molar-refractivity contribution in [2.75, 3.05) is 17.7 Å².